The van der Waals surface area contributed by atoms with Gasteiger partial charge in [0.25, 0.3) is 0 Å². The normalized spacial score (nSPS) is 12.4. The third kappa shape index (κ3) is 3.83. The highest BCUT2D eigenvalue weighted by atomic mass is 32.2. The lowest BCUT2D eigenvalue weighted by Crippen LogP contribution is -2.19. The number of hydrogen-bond donors (Lipinski definition) is 2. The predicted octanol–water partition coefficient (Wildman–Crippen LogP) is 1.61. The first-order valence-corrected chi connectivity index (χ1v) is 5.79. The van der Waals surface area contributed by atoms with Gasteiger partial charge in [-0.15, -0.1) is 0 Å². The number of aromatic nitrogens is 2. The molecule has 4 nitrogen and oxygen atoms in total. The summed E-state index contributed by atoms with van der Waals surface area (Å²) in [4.78, 5) is 8.08. The molecule has 1 atom stereocenters. The van der Waals surface area contributed by atoms with Crippen molar-refractivity contribution in [1.29, 1.82) is 0 Å². The molecule has 0 aromatic carbocycles. The lowest BCUT2D eigenvalue weighted by Gasteiger charge is -2.13. The molecule has 1 rings (SSSR count). The van der Waals surface area contributed by atoms with Crippen LogP contribution in [0.5, 0.6) is 0 Å². The average Bonchev–Trinajstić information content (AvgIpc) is 2.15. The Morgan fingerprint density at radius 2 is 2.36 bits per heavy atom. The lowest BCUT2D eigenvalue weighted by molar-refractivity contribution is 0.899. The minimum Gasteiger partial charge on any atom is -0.382 e. The standard InChI is InChI=1S/C9H16N4S/c1-3-14-6-7(2)12-9-5-11-4-8(10)13-9/h4-5,7H,3,6H2,1-2H3,(H3,10,12,13). The van der Waals surface area contributed by atoms with E-state index in [1.807, 2.05) is 11.8 Å². The summed E-state index contributed by atoms with van der Waals surface area (Å²) < 4.78 is 0. The van der Waals surface area contributed by atoms with Gasteiger partial charge >= 0.3 is 0 Å². The fourth-order valence-corrected chi connectivity index (χ4v) is 1.71. The number of nitrogens with two attached hydrogens (primary N) is 1. The SMILES string of the molecule is CCSCC(C)Nc1cncc(N)n1. The van der Waals surface area contributed by atoms with E-state index in [0.717, 1.165) is 17.3 Å². The fourth-order valence-electron chi connectivity index (χ4n) is 1.04. The molecule has 0 bridgehead atoms. The summed E-state index contributed by atoms with van der Waals surface area (Å²) in [6.45, 7) is 4.27. The molecule has 1 aromatic heterocycles. The third-order valence-electron chi connectivity index (χ3n) is 1.62. The van der Waals surface area contributed by atoms with Gasteiger partial charge in [0.1, 0.15) is 11.6 Å². The second-order valence-corrected chi connectivity index (χ2v) is 4.35. The Bertz CT molecular complexity index is 279. The van der Waals surface area contributed by atoms with Crippen molar-refractivity contribution in [3.05, 3.63) is 12.4 Å². The second-order valence-electron chi connectivity index (χ2n) is 3.03. The Labute approximate surface area is 88.7 Å². The summed E-state index contributed by atoms with van der Waals surface area (Å²) in [5.41, 5.74) is 5.52. The van der Waals surface area contributed by atoms with Crippen LogP contribution in [-0.4, -0.2) is 27.5 Å². The summed E-state index contributed by atoms with van der Waals surface area (Å²) in [5.74, 6) is 3.39. The van der Waals surface area contributed by atoms with Crippen LogP contribution in [0.15, 0.2) is 12.4 Å². The predicted molar refractivity (Wildman–Crippen MR) is 62.5 cm³/mol. The number of nitrogens with zero attached hydrogens (tertiary/aromatic N) is 2. The zero-order valence-electron chi connectivity index (χ0n) is 8.53. The molecule has 0 saturated carbocycles. The summed E-state index contributed by atoms with van der Waals surface area (Å²) >= 11 is 1.90. The highest BCUT2D eigenvalue weighted by molar-refractivity contribution is 7.99. The molecule has 14 heavy (non-hydrogen) atoms. The van der Waals surface area contributed by atoms with E-state index in [4.69, 9.17) is 5.73 Å². The molecule has 1 aromatic rings. The van der Waals surface area contributed by atoms with Crippen LogP contribution >= 0.6 is 11.8 Å². The first-order chi connectivity index (χ1) is 6.72. The van der Waals surface area contributed by atoms with Crippen LogP contribution in [0.1, 0.15) is 13.8 Å². The molecule has 5 heteroatoms. The Balaban J connectivity index is 2.43. The first kappa shape index (κ1) is 11.1. The number of nitrogen functional groups attached to an aromatic ring is 1. The van der Waals surface area contributed by atoms with Gasteiger partial charge in [0.15, 0.2) is 0 Å². The van der Waals surface area contributed by atoms with E-state index in [9.17, 15) is 0 Å². The van der Waals surface area contributed by atoms with Gasteiger partial charge in [0.05, 0.1) is 12.4 Å². The van der Waals surface area contributed by atoms with Crippen LogP contribution in [0.25, 0.3) is 0 Å². The summed E-state index contributed by atoms with van der Waals surface area (Å²) in [6, 6.07) is 0.385. The Morgan fingerprint density at radius 1 is 1.57 bits per heavy atom. The molecule has 1 heterocycles. The Morgan fingerprint density at radius 3 is 3.00 bits per heavy atom. The van der Waals surface area contributed by atoms with E-state index in [-0.39, 0.29) is 0 Å². The van der Waals surface area contributed by atoms with Crippen molar-refractivity contribution < 1.29 is 0 Å². The fraction of sp³-hybridized carbons (Fsp3) is 0.556. The van der Waals surface area contributed by atoms with Crippen molar-refractivity contribution >= 4 is 23.4 Å². The summed E-state index contributed by atoms with van der Waals surface area (Å²) in [5, 5.41) is 3.24. The van der Waals surface area contributed by atoms with Crippen LogP contribution in [0.4, 0.5) is 11.6 Å². The molecule has 3 N–H and O–H groups in total. The maximum Gasteiger partial charge on any atom is 0.147 e. The average molecular weight is 212 g/mol. The zero-order valence-corrected chi connectivity index (χ0v) is 9.34. The molecule has 0 fully saturated rings. The number of hydrogen-bond acceptors (Lipinski definition) is 5. The minimum atomic E-state index is 0.385. The summed E-state index contributed by atoms with van der Waals surface area (Å²) in [7, 11) is 0. The zero-order chi connectivity index (χ0) is 10.4. The van der Waals surface area contributed by atoms with E-state index >= 15 is 0 Å². The topological polar surface area (TPSA) is 63.8 Å². The largest absolute Gasteiger partial charge is 0.382 e. The van der Waals surface area contributed by atoms with E-state index in [1.54, 1.807) is 6.20 Å². The van der Waals surface area contributed by atoms with Crippen LogP contribution in [-0.2, 0) is 0 Å². The van der Waals surface area contributed by atoms with Gasteiger partial charge in [-0.05, 0) is 12.7 Å². The number of anilines is 2. The van der Waals surface area contributed by atoms with Gasteiger partial charge in [-0.25, -0.2) is 4.98 Å². The molecular formula is C9H16N4S. The third-order valence-corrected chi connectivity index (χ3v) is 2.76. The molecule has 0 amide bonds. The summed E-state index contributed by atoms with van der Waals surface area (Å²) in [6.07, 6.45) is 3.22. The van der Waals surface area contributed by atoms with E-state index < -0.39 is 0 Å². The molecule has 0 aliphatic rings. The van der Waals surface area contributed by atoms with Crippen molar-refractivity contribution in [1.82, 2.24) is 9.97 Å². The molecule has 1 unspecified atom stereocenters. The van der Waals surface area contributed by atoms with Crippen molar-refractivity contribution in [3.8, 4) is 0 Å². The molecule has 0 aliphatic heterocycles. The van der Waals surface area contributed by atoms with Crippen molar-refractivity contribution in [2.75, 3.05) is 22.6 Å². The van der Waals surface area contributed by atoms with Crippen LogP contribution in [0, 0.1) is 0 Å². The number of thioether (sulfide) groups is 1. The van der Waals surface area contributed by atoms with Gasteiger partial charge in [-0.2, -0.15) is 11.8 Å². The maximum atomic E-state index is 5.52. The highest BCUT2D eigenvalue weighted by Gasteiger charge is 2.02. The number of nitrogens with one attached hydrogen (secondary N) is 1. The molecule has 78 valence electrons. The maximum absolute atomic E-state index is 5.52. The quantitative estimate of drug-likeness (QED) is 0.776. The van der Waals surface area contributed by atoms with E-state index in [2.05, 4.69) is 29.1 Å². The second kappa shape index (κ2) is 5.70. The van der Waals surface area contributed by atoms with Crippen LogP contribution < -0.4 is 11.1 Å². The van der Waals surface area contributed by atoms with Crippen molar-refractivity contribution in [2.24, 2.45) is 0 Å². The van der Waals surface area contributed by atoms with Gasteiger partial charge in [0, 0.05) is 11.8 Å². The van der Waals surface area contributed by atoms with Gasteiger partial charge in [0.2, 0.25) is 0 Å². The Kier molecular flexibility index (Phi) is 4.52. The molecule has 0 spiro atoms. The van der Waals surface area contributed by atoms with Gasteiger partial charge in [-0.1, -0.05) is 6.92 Å². The highest BCUT2D eigenvalue weighted by Crippen LogP contribution is 2.08. The van der Waals surface area contributed by atoms with Crippen LogP contribution in [0.3, 0.4) is 0 Å². The van der Waals surface area contributed by atoms with Gasteiger partial charge in [-0.3, -0.25) is 4.98 Å². The molecule has 0 saturated heterocycles. The van der Waals surface area contributed by atoms with Crippen molar-refractivity contribution in [3.63, 3.8) is 0 Å². The monoisotopic (exact) mass is 212 g/mol. The Hall–Kier alpha value is -0.970. The van der Waals surface area contributed by atoms with Gasteiger partial charge < -0.3 is 11.1 Å². The van der Waals surface area contributed by atoms with Crippen LogP contribution in [0.2, 0.25) is 0 Å². The minimum absolute atomic E-state index is 0.385. The molecule has 0 radical (unpaired) electrons. The first-order valence-electron chi connectivity index (χ1n) is 4.64. The molecular weight excluding hydrogens is 196 g/mol. The van der Waals surface area contributed by atoms with Crippen molar-refractivity contribution in [2.45, 2.75) is 19.9 Å². The lowest BCUT2D eigenvalue weighted by atomic mass is 10.4. The molecule has 0 aliphatic carbocycles. The van der Waals surface area contributed by atoms with E-state index in [0.29, 0.717) is 11.9 Å². The number of rotatable bonds is 5. The smallest absolute Gasteiger partial charge is 0.147 e. The van der Waals surface area contributed by atoms with E-state index in [1.165, 1.54) is 6.20 Å².